The Balaban J connectivity index is 1.41. The molecule has 8 heteroatoms. The number of aromatic nitrogens is 3. The van der Waals surface area contributed by atoms with Crippen molar-refractivity contribution in [3.05, 3.63) is 112 Å². The zero-order valence-electron chi connectivity index (χ0n) is 22.4. The van der Waals surface area contributed by atoms with Crippen molar-refractivity contribution in [2.75, 3.05) is 11.1 Å². The molecule has 2 heterocycles. The lowest BCUT2D eigenvalue weighted by Crippen LogP contribution is -2.29. The molecule has 1 aromatic heterocycles. The normalized spacial score (nSPS) is 14.5. The Kier molecular flexibility index (Phi) is 8.32. The van der Waals surface area contributed by atoms with E-state index < -0.39 is 12.0 Å². The Bertz CT molecular complexity index is 1460. The van der Waals surface area contributed by atoms with Crippen molar-refractivity contribution in [2.24, 2.45) is 0 Å². The number of carbonyl (C=O) groups excluding carboxylic acids is 1. The van der Waals surface area contributed by atoms with Crippen LogP contribution in [0.1, 0.15) is 48.6 Å². The van der Waals surface area contributed by atoms with Crippen molar-refractivity contribution in [3.63, 3.8) is 0 Å². The van der Waals surface area contributed by atoms with Gasteiger partial charge in [-0.1, -0.05) is 91.0 Å². The van der Waals surface area contributed by atoms with Gasteiger partial charge in [0.2, 0.25) is 11.1 Å². The van der Waals surface area contributed by atoms with Gasteiger partial charge in [-0.15, -0.1) is 5.10 Å². The van der Waals surface area contributed by atoms with Crippen molar-refractivity contribution >= 4 is 23.7 Å². The Hall–Kier alpha value is -4.04. The highest BCUT2D eigenvalue weighted by molar-refractivity contribution is 7.99. The minimum absolute atomic E-state index is 0.191. The van der Waals surface area contributed by atoms with E-state index in [0.29, 0.717) is 29.0 Å². The van der Waals surface area contributed by atoms with Gasteiger partial charge >= 0.3 is 5.97 Å². The van der Waals surface area contributed by atoms with Crippen LogP contribution < -0.4 is 10.1 Å². The lowest BCUT2D eigenvalue weighted by atomic mass is 9.95. The fraction of sp³-hybridized carbons (Fsp3) is 0.258. The third kappa shape index (κ3) is 6.34. The number of carbonyl (C=O) groups is 1. The standard InChI is InChI=1S/C31H32N4O3S/c1-4-17-39-31-33-30-32-22(3)27(29(36)38-19-23-10-6-5-7-11-23)28(35(30)34-31)25-13-15-26(16-14-25)37-20-24-12-8-9-21(2)18-24/h5-16,18,28H,4,17,19-20H2,1-3H3,(H,32,33,34). The summed E-state index contributed by atoms with van der Waals surface area (Å²) >= 11 is 1.60. The molecule has 3 aromatic carbocycles. The smallest absolute Gasteiger partial charge is 0.338 e. The van der Waals surface area contributed by atoms with Crippen LogP contribution in [0.15, 0.2) is 95.3 Å². The summed E-state index contributed by atoms with van der Waals surface area (Å²) in [4.78, 5) is 18.2. The van der Waals surface area contributed by atoms with Gasteiger partial charge in [0.1, 0.15) is 25.0 Å². The Labute approximate surface area is 233 Å². The van der Waals surface area contributed by atoms with E-state index >= 15 is 0 Å². The van der Waals surface area contributed by atoms with Gasteiger partial charge in [0.15, 0.2) is 0 Å². The van der Waals surface area contributed by atoms with Gasteiger partial charge in [-0.2, -0.15) is 4.98 Å². The van der Waals surface area contributed by atoms with Crippen molar-refractivity contribution in [1.29, 1.82) is 0 Å². The number of esters is 1. The first-order valence-electron chi connectivity index (χ1n) is 13.1. The summed E-state index contributed by atoms with van der Waals surface area (Å²) < 4.78 is 13.6. The van der Waals surface area contributed by atoms with E-state index in [1.807, 2.05) is 67.6 Å². The number of benzene rings is 3. The lowest BCUT2D eigenvalue weighted by Gasteiger charge is -2.28. The van der Waals surface area contributed by atoms with Crippen LogP contribution in [0, 0.1) is 6.92 Å². The zero-order chi connectivity index (χ0) is 27.2. The second-order valence-corrected chi connectivity index (χ2v) is 10.5. The summed E-state index contributed by atoms with van der Waals surface area (Å²) in [5, 5.41) is 8.72. The largest absolute Gasteiger partial charge is 0.489 e. The quantitative estimate of drug-likeness (QED) is 0.177. The molecule has 0 saturated heterocycles. The predicted octanol–water partition coefficient (Wildman–Crippen LogP) is 6.70. The zero-order valence-corrected chi connectivity index (χ0v) is 23.2. The van der Waals surface area contributed by atoms with Crippen LogP contribution in [0.2, 0.25) is 0 Å². The number of nitrogens with zero attached hydrogens (tertiary/aromatic N) is 3. The van der Waals surface area contributed by atoms with Crippen molar-refractivity contribution < 1.29 is 14.3 Å². The molecule has 200 valence electrons. The van der Waals surface area contributed by atoms with Crippen LogP contribution in [-0.4, -0.2) is 26.5 Å². The molecule has 0 aliphatic carbocycles. The molecule has 5 rings (SSSR count). The van der Waals surface area contributed by atoms with Gasteiger partial charge in [0.05, 0.1) is 5.57 Å². The van der Waals surface area contributed by atoms with Crippen LogP contribution in [0.25, 0.3) is 0 Å². The Morgan fingerprint density at radius 1 is 0.974 bits per heavy atom. The minimum Gasteiger partial charge on any atom is -0.489 e. The van der Waals surface area contributed by atoms with Gasteiger partial charge < -0.3 is 14.8 Å². The number of aryl methyl sites for hydroxylation is 1. The number of allylic oxidation sites excluding steroid dienone is 1. The monoisotopic (exact) mass is 540 g/mol. The summed E-state index contributed by atoms with van der Waals surface area (Å²) in [7, 11) is 0. The molecule has 0 amide bonds. The van der Waals surface area contributed by atoms with E-state index in [1.54, 1.807) is 16.4 Å². The topological polar surface area (TPSA) is 78.3 Å². The molecule has 7 nitrogen and oxygen atoms in total. The summed E-state index contributed by atoms with van der Waals surface area (Å²) in [5.41, 5.74) is 5.34. The maximum absolute atomic E-state index is 13.5. The van der Waals surface area contributed by atoms with E-state index in [9.17, 15) is 4.79 Å². The average Bonchev–Trinajstić information content (AvgIpc) is 3.36. The highest BCUT2D eigenvalue weighted by Gasteiger charge is 2.35. The molecule has 1 atom stereocenters. The summed E-state index contributed by atoms with van der Waals surface area (Å²) in [6.07, 6.45) is 1.02. The third-order valence-corrected chi connectivity index (χ3v) is 7.43. The number of hydrogen-bond donors (Lipinski definition) is 1. The molecule has 0 bridgehead atoms. The van der Waals surface area contributed by atoms with E-state index in [2.05, 4.69) is 42.3 Å². The molecule has 39 heavy (non-hydrogen) atoms. The Morgan fingerprint density at radius 2 is 1.74 bits per heavy atom. The molecule has 1 N–H and O–H groups in total. The molecule has 0 radical (unpaired) electrons. The predicted molar refractivity (Wildman–Crippen MR) is 154 cm³/mol. The van der Waals surface area contributed by atoms with Crippen LogP contribution >= 0.6 is 11.8 Å². The number of rotatable bonds is 10. The number of ether oxygens (including phenoxy) is 2. The van der Waals surface area contributed by atoms with E-state index in [1.165, 1.54) is 5.56 Å². The summed E-state index contributed by atoms with van der Waals surface area (Å²) in [6.45, 7) is 6.74. The summed E-state index contributed by atoms with van der Waals surface area (Å²) in [5.74, 6) is 1.88. The molecular weight excluding hydrogens is 508 g/mol. The second-order valence-electron chi connectivity index (χ2n) is 9.49. The first-order chi connectivity index (χ1) is 19.0. The first-order valence-corrected chi connectivity index (χ1v) is 14.1. The van der Waals surface area contributed by atoms with Gasteiger partial charge in [0.25, 0.3) is 0 Å². The SMILES string of the molecule is CCCSc1nc2n(n1)C(c1ccc(OCc3cccc(C)c3)cc1)C(C(=O)OCc1ccccc1)=C(C)N2. The third-order valence-electron chi connectivity index (χ3n) is 6.38. The molecule has 1 aliphatic rings. The molecule has 1 aliphatic heterocycles. The molecule has 4 aromatic rings. The highest BCUT2D eigenvalue weighted by Crippen LogP contribution is 2.37. The van der Waals surface area contributed by atoms with Gasteiger partial charge in [-0.25, -0.2) is 9.48 Å². The summed E-state index contributed by atoms with van der Waals surface area (Å²) in [6, 6.07) is 25.3. The van der Waals surface area contributed by atoms with E-state index in [4.69, 9.17) is 14.6 Å². The number of fused-ring (bicyclic) bond motifs is 1. The van der Waals surface area contributed by atoms with Gasteiger partial charge in [0, 0.05) is 11.4 Å². The fourth-order valence-corrected chi connectivity index (χ4v) is 5.16. The molecule has 0 saturated carbocycles. The second kappa shape index (κ2) is 12.2. The fourth-order valence-electron chi connectivity index (χ4n) is 4.47. The first kappa shape index (κ1) is 26.6. The number of hydrogen-bond acceptors (Lipinski definition) is 7. The minimum atomic E-state index is -0.487. The van der Waals surface area contributed by atoms with Crippen molar-refractivity contribution in [1.82, 2.24) is 14.8 Å². The van der Waals surface area contributed by atoms with Crippen LogP contribution in [-0.2, 0) is 22.7 Å². The van der Waals surface area contributed by atoms with Gasteiger partial charge in [-0.3, -0.25) is 0 Å². The maximum atomic E-state index is 13.5. The van der Waals surface area contributed by atoms with Crippen molar-refractivity contribution in [3.8, 4) is 5.75 Å². The van der Waals surface area contributed by atoms with Crippen LogP contribution in [0.4, 0.5) is 5.95 Å². The molecular formula is C31H32N4O3S. The van der Waals surface area contributed by atoms with Crippen molar-refractivity contribution in [2.45, 2.75) is 51.6 Å². The average molecular weight is 541 g/mol. The maximum Gasteiger partial charge on any atom is 0.338 e. The van der Waals surface area contributed by atoms with Crippen LogP contribution in [0.3, 0.4) is 0 Å². The lowest BCUT2D eigenvalue weighted by molar-refractivity contribution is -0.140. The van der Waals surface area contributed by atoms with E-state index in [-0.39, 0.29) is 6.61 Å². The molecule has 0 fully saturated rings. The number of nitrogens with one attached hydrogen (secondary N) is 1. The highest BCUT2D eigenvalue weighted by atomic mass is 32.2. The van der Waals surface area contributed by atoms with E-state index in [0.717, 1.165) is 34.6 Å². The molecule has 0 spiro atoms. The molecule has 1 unspecified atom stereocenters. The Morgan fingerprint density at radius 3 is 2.49 bits per heavy atom. The van der Waals surface area contributed by atoms with Crippen LogP contribution in [0.5, 0.6) is 5.75 Å². The van der Waals surface area contributed by atoms with Gasteiger partial charge in [-0.05, 0) is 49.1 Å². The number of anilines is 1. The number of thioether (sulfide) groups is 1.